The van der Waals surface area contributed by atoms with Crippen LogP contribution in [-0.4, -0.2) is 29.2 Å². The van der Waals surface area contributed by atoms with Crippen molar-refractivity contribution in [2.45, 2.75) is 23.8 Å². The Labute approximate surface area is 143 Å². The number of methoxy groups -OCH3 is 1. The number of rotatable bonds is 6. The molecule has 23 heavy (non-hydrogen) atoms. The number of aromatic nitrogens is 1. The standard InChI is InChI=1S/C17H17NO3S2/c1-3-8-22-14-10-12-11(17(20)21-2)6-7-18(12)15(14)16(19)13-5-4-9-23-13/h3-5,9-11H,1,6-8H2,2H3. The first-order valence-corrected chi connectivity index (χ1v) is 9.17. The maximum Gasteiger partial charge on any atom is 0.314 e. The van der Waals surface area contributed by atoms with Crippen molar-refractivity contribution in [2.24, 2.45) is 0 Å². The van der Waals surface area contributed by atoms with E-state index in [-0.39, 0.29) is 17.7 Å². The average molecular weight is 347 g/mol. The van der Waals surface area contributed by atoms with E-state index in [9.17, 15) is 9.59 Å². The van der Waals surface area contributed by atoms with Gasteiger partial charge in [0.2, 0.25) is 5.78 Å². The van der Waals surface area contributed by atoms with Gasteiger partial charge < -0.3 is 9.30 Å². The minimum absolute atomic E-state index is 0.0170. The number of ether oxygens (including phenoxy) is 1. The average Bonchev–Trinajstić information content (AvgIpc) is 3.27. The highest BCUT2D eigenvalue weighted by Crippen LogP contribution is 2.38. The minimum atomic E-state index is -0.284. The Hall–Kier alpha value is -1.79. The van der Waals surface area contributed by atoms with E-state index in [4.69, 9.17) is 4.74 Å². The summed E-state index contributed by atoms with van der Waals surface area (Å²) < 4.78 is 6.88. The predicted molar refractivity (Wildman–Crippen MR) is 92.5 cm³/mol. The molecule has 1 aliphatic heterocycles. The molecule has 0 N–H and O–H groups in total. The lowest BCUT2D eigenvalue weighted by Crippen LogP contribution is -2.11. The molecule has 0 fully saturated rings. The fourth-order valence-corrected chi connectivity index (χ4v) is 4.38. The molecule has 4 nitrogen and oxygen atoms in total. The Balaban J connectivity index is 2.05. The topological polar surface area (TPSA) is 48.3 Å². The number of esters is 1. The molecular formula is C17H17NO3S2. The van der Waals surface area contributed by atoms with Gasteiger partial charge in [-0.15, -0.1) is 29.7 Å². The van der Waals surface area contributed by atoms with Gasteiger partial charge >= 0.3 is 5.97 Å². The molecule has 2 aromatic rings. The molecule has 0 saturated carbocycles. The number of fused-ring (bicyclic) bond motifs is 1. The minimum Gasteiger partial charge on any atom is -0.469 e. The first-order chi connectivity index (χ1) is 11.2. The van der Waals surface area contributed by atoms with E-state index in [1.54, 1.807) is 11.8 Å². The molecule has 1 atom stereocenters. The Morgan fingerprint density at radius 1 is 1.57 bits per heavy atom. The monoisotopic (exact) mass is 347 g/mol. The van der Waals surface area contributed by atoms with E-state index in [1.807, 2.05) is 34.2 Å². The van der Waals surface area contributed by atoms with Gasteiger partial charge in [-0.3, -0.25) is 9.59 Å². The second-order valence-corrected chi connectivity index (χ2v) is 7.21. The van der Waals surface area contributed by atoms with E-state index in [2.05, 4.69) is 6.58 Å². The van der Waals surface area contributed by atoms with Crippen LogP contribution < -0.4 is 0 Å². The number of thiophene rings is 1. The van der Waals surface area contributed by atoms with Crippen molar-refractivity contribution in [1.29, 1.82) is 0 Å². The lowest BCUT2D eigenvalue weighted by Gasteiger charge is -2.06. The molecule has 120 valence electrons. The molecule has 0 aliphatic carbocycles. The van der Waals surface area contributed by atoms with Crippen LogP contribution in [0, 0.1) is 0 Å². The molecule has 0 saturated heterocycles. The summed E-state index contributed by atoms with van der Waals surface area (Å²) in [5.74, 6) is 0.213. The first-order valence-electron chi connectivity index (χ1n) is 7.30. The summed E-state index contributed by atoms with van der Waals surface area (Å²) in [5.41, 5.74) is 1.56. The van der Waals surface area contributed by atoms with Crippen LogP contribution in [0.25, 0.3) is 0 Å². The zero-order chi connectivity index (χ0) is 16.4. The van der Waals surface area contributed by atoms with E-state index in [0.29, 0.717) is 23.5 Å². The predicted octanol–water partition coefficient (Wildman–Crippen LogP) is 3.72. The molecule has 0 radical (unpaired) electrons. The van der Waals surface area contributed by atoms with E-state index in [1.165, 1.54) is 18.4 Å². The second kappa shape index (κ2) is 6.76. The van der Waals surface area contributed by atoms with Gasteiger partial charge in [-0.1, -0.05) is 12.1 Å². The third-order valence-corrected chi connectivity index (χ3v) is 5.79. The maximum absolute atomic E-state index is 12.9. The van der Waals surface area contributed by atoms with Gasteiger partial charge in [0, 0.05) is 22.9 Å². The number of ketones is 1. The molecule has 0 amide bonds. The highest BCUT2D eigenvalue weighted by atomic mass is 32.2. The van der Waals surface area contributed by atoms with Crippen molar-refractivity contribution >= 4 is 34.9 Å². The van der Waals surface area contributed by atoms with E-state index >= 15 is 0 Å². The first kappa shape index (κ1) is 16.1. The van der Waals surface area contributed by atoms with Crippen LogP contribution in [-0.2, 0) is 16.1 Å². The summed E-state index contributed by atoms with van der Waals surface area (Å²) in [4.78, 5) is 26.5. The molecule has 0 spiro atoms. The van der Waals surface area contributed by atoms with Crippen LogP contribution in [0.1, 0.15) is 33.4 Å². The highest BCUT2D eigenvalue weighted by molar-refractivity contribution is 7.99. The van der Waals surface area contributed by atoms with Crippen LogP contribution in [0.4, 0.5) is 0 Å². The Bertz CT molecular complexity index is 746. The fourth-order valence-electron chi connectivity index (χ4n) is 2.88. The third kappa shape index (κ3) is 2.88. The van der Waals surface area contributed by atoms with Gasteiger partial charge in [0.05, 0.1) is 17.9 Å². The third-order valence-electron chi connectivity index (χ3n) is 3.89. The molecule has 3 rings (SSSR count). The smallest absolute Gasteiger partial charge is 0.314 e. The molecule has 1 unspecified atom stereocenters. The number of thioether (sulfide) groups is 1. The molecule has 1 aliphatic rings. The lowest BCUT2D eigenvalue weighted by atomic mass is 10.1. The van der Waals surface area contributed by atoms with Gasteiger partial charge in [0.15, 0.2) is 0 Å². The summed E-state index contributed by atoms with van der Waals surface area (Å²) in [6, 6.07) is 5.67. The molecular weight excluding hydrogens is 330 g/mol. The number of hydrogen-bond donors (Lipinski definition) is 0. The SMILES string of the molecule is C=CCSc1cc2n(c1C(=O)c1cccs1)CCC2C(=O)OC. The summed E-state index contributed by atoms with van der Waals surface area (Å²) in [6.07, 6.45) is 2.49. The van der Waals surface area contributed by atoms with Gasteiger partial charge in [-0.2, -0.15) is 0 Å². The largest absolute Gasteiger partial charge is 0.469 e. The van der Waals surface area contributed by atoms with Crippen LogP contribution in [0.15, 0.2) is 41.1 Å². The Morgan fingerprint density at radius 3 is 3.04 bits per heavy atom. The molecule has 0 bridgehead atoms. The van der Waals surface area contributed by atoms with Gasteiger partial charge in [0.25, 0.3) is 0 Å². The summed E-state index contributed by atoms with van der Waals surface area (Å²) in [5, 5.41) is 1.90. The Morgan fingerprint density at radius 2 is 2.39 bits per heavy atom. The van der Waals surface area contributed by atoms with E-state index in [0.717, 1.165) is 16.3 Å². The van der Waals surface area contributed by atoms with E-state index < -0.39 is 0 Å². The second-order valence-electron chi connectivity index (χ2n) is 5.20. The van der Waals surface area contributed by atoms with Gasteiger partial charge in [-0.25, -0.2) is 0 Å². The van der Waals surface area contributed by atoms with Crippen molar-refractivity contribution in [3.8, 4) is 0 Å². The summed E-state index contributed by atoms with van der Waals surface area (Å²) in [6.45, 7) is 4.40. The summed E-state index contributed by atoms with van der Waals surface area (Å²) in [7, 11) is 1.40. The number of carbonyl (C=O) groups excluding carboxylic acids is 2. The zero-order valence-electron chi connectivity index (χ0n) is 12.8. The lowest BCUT2D eigenvalue weighted by molar-refractivity contribution is -0.142. The number of carbonyl (C=O) groups is 2. The summed E-state index contributed by atoms with van der Waals surface area (Å²) >= 11 is 3.01. The van der Waals surface area contributed by atoms with Crippen LogP contribution in [0.2, 0.25) is 0 Å². The number of nitrogens with zero attached hydrogens (tertiary/aromatic N) is 1. The van der Waals surface area contributed by atoms with Crippen molar-refractivity contribution < 1.29 is 14.3 Å². The normalized spacial score (nSPS) is 16.1. The molecule has 3 heterocycles. The van der Waals surface area contributed by atoms with Crippen molar-refractivity contribution in [3.63, 3.8) is 0 Å². The maximum atomic E-state index is 12.9. The molecule has 6 heteroatoms. The Kier molecular flexibility index (Phi) is 4.73. The highest BCUT2D eigenvalue weighted by Gasteiger charge is 2.35. The quantitative estimate of drug-likeness (QED) is 0.346. The molecule has 2 aromatic heterocycles. The van der Waals surface area contributed by atoms with Gasteiger partial charge in [-0.05, 0) is 23.9 Å². The fraction of sp³-hybridized carbons (Fsp3) is 0.294. The molecule has 0 aromatic carbocycles. The van der Waals surface area contributed by atoms with Crippen LogP contribution in [0.5, 0.6) is 0 Å². The van der Waals surface area contributed by atoms with Gasteiger partial charge in [0.1, 0.15) is 5.69 Å². The van der Waals surface area contributed by atoms with Crippen molar-refractivity contribution in [1.82, 2.24) is 4.57 Å². The number of hydrogen-bond acceptors (Lipinski definition) is 5. The van der Waals surface area contributed by atoms with Crippen LogP contribution >= 0.6 is 23.1 Å². The zero-order valence-corrected chi connectivity index (χ0v) is 14.4. The van der Waals surface area contributed by atoms with Crippen LogP contribution in [0.3, 0.4) is 0 Å². The van der Waals surface area contributed by atoms with Crippen molar-refractivity contribution in [2.75, 3.05) is 12.9 Å². The van der Waals surface area contributed by atoms with Crippen molar-refractivity contribution in [3.05, 3.63) is 52.5 Å².